The van der Waals surface area contributed by atoms with E-state index in [4.69, 9.17) is 5.11 Å². The largest absolute Gasteiger partial charge is 0.478 e. The zero-order chi connectivity index (χ0) is 9.26. The van der Waals surface area contributed by atoms with Crippen molar-refractivity contribution in [1.82, 2.24) is 10.3 Å². The third-order valence-corrected chi connectivity index (χ3v) is 2.25. The van der Waals surface area contributed by atoms with Crippen molar-refractivity contribution in [3.63, 3.8) is 0 Å². The molecule has 0 bridgehead atoms. The Morgan fingerprint density at radius 3 is 2.80 bits per heavy atom. The van der Waals surface area contributed by atoms with Crippen LogP contribution in [0.3, 0.4) is 0 Å². The molecule has 1 aromatic rings. The first-order valence-electron chi connectivity index (χ1n) is 4.19. The van der Waals surface area contributed by atoms with Crippen LogP contribution in [-0.4, -0.2) is 22.6 Å². The monoisotopic (exact) mass is 250 g/mol. The maximum absolute atomic E-state index is 10.8. The van der Waals surface area contributed by atoms with E-state index in [1.807, 2.05) is 0 Å². The number of pyridine rings is 1. The Kier molecular flexibility index (Phi) is 5.57. The molecule has 0 unspecified atom stereocenters. The molecular weight excluding hydrogens is 239 g/mol. The predicted octanol–water partition coefficient (Wildman–Crippen LogP) is 1.27. The highest BCUT2D eigenvalue weighted by Crippen LogP contribution is 2.16. The number of hydrogen-bond acceptors (Lipinski definition) is 3. The van der Waals surface area contributed by atoms with Crippen molar-refractivity contribution in [1.29, 1.82) is 0 Å². The lowest BCUT2D eigenvalue weighted by atomic mass is 9.99. The number of nitrogens with one attached hydrogen (secondary N) is 1. The van der Waals surface area contributed by atoms with Crippen LogP contribution in [0.2, 0.25) is 0 Å². The minimum Gasteiger partial charge on any atom is -0.478 e. The van der Waals surface area contributed by atoms with Crippen molar-refractivity contribution in [3.05, 3.63) is 29.1 Å². The molecule has 15 heavy (non-hydrogen) atoms. The molecule has 0 saturated carbocycles. The van der Waals surface area contributed by atoms with Gasteiger partial charge in [-0.3, -0.25) is 4.98 Å². The van der Waals surface area contributed by atoms with Gasteiger partial charge in [0.25, 0.3) is 0 Å². The van der Waals surface area contributed by atoms with Crippen LogP contribution in [0, 0.1) is 0 Å². The second-order valence-electron chi connectivity index (χ2n) is 3.06. The number of carboxylic acids is 1. The number of fused-ring (bicyclic) bond motifs is 1. The number of halogens is 2. The fraction of sp³-hybridized carbons (Fsp3) is 0.333. The second-order valence-corrected chi connectivity index (χ2v) is 3.06. The topological polar surface area (TPSA) is 62.2 Å². The third kappa shape index (κ3) is 2.81. The molecule has 84 valence electrons. The molecule has 1 aliphatic rings. The van der Waals surface area contributed by atoms with Gasteiger partial charge in [-0.25, -0.2) is 4.79 Å². The van der Waals surface area contributed by atoms with E-state index >= 15 is 0 Å². The Labute approximate surface area is 99.9 Å². The van der Waals surface area contributed by atoms with Crippen LogP contribution in [0.25, 0.3) is 0 Å². The molecule has 2 heterocycles. The van der Waals surface area contributed by atoms with Crippen molar-refractivity contribution >= 4 is 30.8 Å². The molecule has 0 radical (unpaired) electrons. The van der Waals surface area contributed by atoms with Gasteiger partial charge in [-0.1, -0.05) is 0 Å². The van der Waals surface area contributed by atoms with E-state index in [0.717, 1.165) is 24.1 Å². The van der Waals surface area contributed by atoms with Crippen molar-refractivity contribution in [3.8, 4) is 0 Å². The number of rotatable bonds is 1. The lowest BCUT2D eigenvalue weighted by Gasteiger charge is -2.17. The number of carboxylic acid groups (broad SMARTS) is 1. The van der Waals surface area contributed by atoms with Gasteiger partial charge < -0.3 is 10.4 Å². The molecule has 0 fully saturated rings. The molecule has 4 nitrogen and oxygen atoms in total. The average Bonchev–Trinajstić information content (AvgIpc) is 2.17. The smallest absolute Gasteiger partial charge is 0.337 e. The standard InChI is InChI=1S/C9H10N2O2.2ClH/c12-9(13)8-5-11-3-6-1-2-10-4-7(6)8;;/h3,5,10H,1-2,4H2,(H,12,13);2*1H. The Balaban J connectivity index is 0.000000980. The van der Waals surface area contributed by atoms with Crippen LogP contribution in [0.1, 0.15) is 21.5 Å². The zero-order valence-corrected chi connectivity index (χ0v) is 9.53. The first-order chi connectivity index (χ1) is 6.29. The summed E-state index contributed by atoms with van der Waals surface area (Å²) in [6.07, 6.45) is 4.03. The SMILES string of the molecule is Cl.Cl.O=C(O)c1cncc2c1CNCC2. The number of aromatic carboxylic acids is 1. The number of nitrogens with zero attached hydrogens (tertiary/aromatic N) is 1. The molecule has 2 rings (SSSR count). The average molecular weight is 251 g/mol. The minimum absolute atomic E-state index is 0. The van der Waals surface area contributed by atoms with E-state index in [1.165, 1.54) is 6.20 Å². The minimum atomic E-state index is -0.895. The summed E-state index contributed by atoms with van der Waals surface area (Å²) in [5, 5.41) is 12.0. The molecule has 1 aromatic heterocycles. The lowest BCUT2D eigenvalue weighted by Crippen LogP contribution is -2.26. The molecule has 0 spiro atoms. The van der Waals surface area contributed by atoms with Crippen LogP contribution in [0.15, 0.2) is 12.4 Å². The Bertz CT molecular complexity index is 358. The summed E-state index contributed by atoms with van der Waals surface area (Å²) in [7, 11) is 0. The van der Waals surface area contributed by atoms with E-state index in [-0.39, 0.29) is 24.8 Å². The van der Waals surface area contributed by atoms with E-state index in [9.17, 15) is 4.79 Å². The third-order valence-electron chi connectivity index (χ3n) is 2.25. The molecule has 0 aromatic carbocycles. The van der Waals surface area contributed by atoms with Gasteiger partial charge in [0.1, 0.15) is 0 Å². The van der Waals surface area contributed by atoms with E-state index in [1.54, 1.807) is 6.20 Å². The van der Waals surface area contributed by atoms with Gasteiger partial charge in [-0.05, 0) is 24.1 Å². The predicted molar refractivity (Wildman–Crippen MR) is 61.1 cm³/mol. The summed E-state index contributed by atoms with van der Waals surface area (Å²) in [6.45, 7) is 1.54. The number of hydrogen-bond donors (Lipinski definition) is 2. The van der Waals surface area contributed by atoms with Crippen LogP contribution in [0.5, 0.6) is 0 Å². The highest BCUT2D eigenvalue weighted by molar-refractivity contribution is 5.89. The summed E-state index contributed by atoms with van der Waals surface area (Å²) >= 11 is 0. The van der Waals surface area contributed by atoms with Crippen LogP contribution < -0.4 is 5.32 Å². The molecule has 1 aliphatic heterocycles. The van der Waals surface area contributed by atoms with Gasteiger partial charge in [0, 0.05) is 18.9 Å². The van der Waals surface area contributed by atoms with Gasteiger partial charge in [0.05, 0.1) is 5.56 Å². The molecule has 0 amide bonds. The Morgan fingerprint density at radius 2 is 2.13 bits per heavy atom. The number of carbonyl (C=O) groups is 1. The van der Waals surface area contributed by atoms with Gasteiger partial charge >= 0.3 is 5.97 Å². The van der Waals surface area contributed by atoms with Crippen molar-refractivity contribution in [2.24, 2.45) is 0 Å². The van der Waals surface area contributed by atoms with E-state index in [2.05, 4.69) is 10.3 Å². The fourth-order valence-corrected chi connectivity index (χ4v) is 1.58. The maximum atomic E-state index is 10.8. The van der Waals surface area contributed by atoms with Gasteiger partial charge in [0.2, 0.25) is 0 Å². The summed E-state index contributed by atoms with van der Waals surface area (Å²) in [5.41, 5.74) is 2.26. The Morgan fingerprint density at radius 1 is 1.40 bits per heavy atom. The molecule has 0 saturated heterocycles. The summed E-state index contributed by atoms with van der Waals surface area (Å²) in [6, 6.07) is 0. The van der Waals surface area contributed by atoms with Crippen molar-refractivity contribution in [2.45, 2.75) is 13.0 Å². The molecule has 0 aliphatic carbocycles. The van der Waals surface area contributed by atoms with Gasteiger partial charge in [-0.15, -0.1) is 24.8 Å². The second kappa shape index (κ2) is 5.90. The molecule has 6 heteroatoms. The highest BCUT2D eigenvalue weighted by Gasteiger charge is 2.16. The van der Waals surface area contributed by atoms with Crippen LogP contribution in [-0.2, 0) is 13.0 Å². The van der Waals surface area contributed by atoms with Crippen LogP contribution in [0.4, 0.5) is 0 Å². The van der Waals surface area contributed by atoms with Gasteiger partial charge in [0.15, 0.2) is 0 Å². The van der Waals surface area contributed by atoms with Crippen molar-refractivity contribution in [2.75, 3.05) is 6.54 Å². The first-order valence-corrected chi connectivity index (χ1v) is 4.19. The molecular formula is C9H12Cl2N2O2. The molecule has 0 atom stereocenters. The van der Waals surface area contributed by atoms with E-state index in [0.29, 0.717) is 12.1 Å². The zero-order valence-electron chi connectivity index (χ0n) is 7.90. The van der Waals surface area contributed by atoms with E-state index < -0.39 is 5.97 Å². The first kappa shape index (κ1) is 14.2. The molecule has 2 N–H and O–H groups in total. The Hall–Kier alpha value is -0.840. The summed E-state index contributed by atoms with van der Waals surface area (Å²) in [4.78, 5) is 14.7. The van der Waals surface area contributed by atoms with Crippen LogP contribution >= 0.6 is 24.8 Å². The lowest BCUT2D eigenvalue weighted by molar-refractivity contribution is 0.0694. The highest BCUT2D eigenvalue weighted by atomic mass is 35.5. The van der Waals surface area contributed by atoms with Crippen molar-refractivity contribution < 1.29 is 9.90 Å². The quantitative estimate of drug-likeness (QED) is 0.789. The fourth-order valence-electron chi connectivity index (χ4n) is 1.58. The summed E-state index contributed by atoms with van der Waals surface area (Å²) < 4.78 is 0. The number of aromatic nitrogens is 1. The maximum Gasteiger partial charge on any atom is 0.337 e. The van der Waals surface area contributed by atoms with Gasteiger partial charge in [-0.2, -0.15) is 0 Å². The normalized spacial score (nSPS) is 13.1. The summed E-state index contributed by atoms with van der Waals surface area (Å²) in [5.74, 6) is -0.895.